The third kappa shape index (κ3) is 3.89. The molecule has 2 aliphatic rings. The molecular formula is C50H32N2. The van der Waals surface area contributed by atoms with Crippen LogP contribution < -0.4 is 4.90 Å². The van der Waals surface area contributed by atoms with Crippen LogP contribution in [0.1, 0.15) is 22.3 Å². The molecule has 2 nitrogen and oxygen atoms in total. The zero-order chi connectivity index (χ0) is 33.9. The predicted molar refractivity (Wildman–Crippen MR) is 218 cm³/mol. The number of fused-ring (bicyclic) bond motifs is 12. The van der Waals surface area contributed by atoms with Crippen molar-refractivity contribution in [2.24, 2.45) is 0 Å². The maximum atomic E-state index is 2.45. The molecule has 0 unspecified atom stereocenters. The van der Waals surface area contributed by atoms with Crippen molar-refractivity contribution in [3.8, 4) is 33.4 Å². The van der Waals surface area contributed by atoms with E-state index >= 15 is 0 Å². The Kier molecular flexibility index (Phi) is 5.64. The number of para-hydroxylation sites is 2. The zero-order valence-corrected chi connectivity index (χ0v) is 28.5. The zero-order valence-electron chi connectivity index (χ0n) is 28.5. The van der Waals surface area contributed by atoms with Crippen LogP contribution in [-0.2, 0) is 12.8 Å². The van der Waals surface area contributed by atoms with E-state index in [1.807, 2.05) is 0 Å². The fourth-order valence-corrected chi connectivity index (χ4v) is 9.38. The van der Waals surface area contributed by atoms with Gasteiger partial charge in [0.15, 0.2) is 0 Å². The van der Waals surface area contributed by atoms with E-state index in [-0.39, 0.29) is 0 Å². The van der Waals surface area contributed by atoms with Crippen molar-refractivity contribution in [1.82, 2.24) is 4.40 Å². The molecule has 0 fully saturated rings. The van der Waals surface area contributed by atoms with E-state index < -0.39 is 0 Å². The molecule has 12 rings (SSSR count). The van der Waals surface area contributed by atoms with Gasteiger partial charge in [-0.25, -0.2) is 0 Å². The Morgan fingerprint density at radius 1 is 0.346 bits per heavy atom. The summed E-state index contributed by atoms with van der Waals surface area (Å²) in [5, 5.41) is 5.24. The highest BCUT2D eigenvalue weighted by Crippen LogP contribution is 2.46. The summed E-state index contributed by atoms with van der Waals surface area (Å²) in [4.78, 5) is 2.44. The highest BCUT2D eigenvalue weighted by molar-refractivity contribution is 6.23. The average molecular weight is 661 g/mol. The lowest BCUT2D eigenvalue weighted by Crippen LogP contribution is -2.10. The third-order valence-corrected chi connectivity index (χ3v) is 11.8. The van der Waals surface area contributed by atoms with Gasteiger partial charge in [0.1, 0.15) is 0 Å². The second-order valence-electron chi connectivity index (χ2n) is 14.5. The Hall–Kier alpha value is -6.64. The Bertz CT molecular complexity index is 3070. The molecule has 10 aromatic rings. The van der Waals surface area contributed by atoms with E-state index in [0.717, 1.165) is 18.5 Å². The van der Waals surface area contributed by atoms with Gasteiger partial charge < -0.3 is 9.30 Å². The van der Waals surface area contributed by atoms with Gasteiger partial charge in [0.2, 0.25) is 0 Å². The summed E-state index contributed by atoms with van der Waals surface area (Å²) in [5.41, 5.74) is 20.8. The van der Waals surface area contributed by atoms with Crippen LogP contribution >= 0.6 is 0 Å². The average Bonchev–Trinajstić information content (AvgIpc) is 3.95. The monoisotopic (exact) mass is 660 g/mol. The molecule has 242 valence electrons. The van der Waals surface area contributed by atoms with E-state index in [1.54, 1.807) is 0 Å². The minimum atomic E-state index is 0.968. The summed E-state index contributed by atoms with van der Waals surface area (Å²) >= 11 is 0. The van der Waals surface area contributed by atoms with Gasteiger partial charge >= 0.3 is 0 Å². The van der Waals surface area contributed by atoms with E-state index in [0.29, 0.717) is 0 Å². The van der Waals surface area contributed by atoms with Gasteiger partial charge in [-0.2, -0.15) is 0 Å². The Labute approximate surface area is 301 Å². The van der Waals surface area contributed by atoms with Gasteiger partial charge in [-0.3, -0.25) is 0 Å². The van der Waals surface area contributed by atoms with Crippen molar-refractivity contribution in [1.29, 1.82) is 0 Å². The van der Waals surface area contributed by atoms with Gasteiger partial charge in [-0.15, -0.1) is 0 Å². The Morgan fingerprint density at radius 2 is 0.923 bits per heavy atom. The first-order valence-corrected chi connectivity index (χ1v) is 18.3. The topological polar surface area (TPSA) is 7.65 Å². The van der Waals surface area contributed by atoms with Crippen LogP contribution in [0, 0.1) is 0 Å². The Morgan fingerprint density at radius 3 is 1.77 bits per heavy atom. The molecule has 0 radical (unpaired) electrons. The molecule has 0 saturated carbocycles. The van der Waals surface area contributed by atoms with E-state index in [1.165, 1.54) is 105 Å². The number of aromatic nitrogens is 1. The van der Waals surface area contributed by atoms with Crippen LogP contribution in [0.2, 0.25) is 0 Å². The van der Waals surface area contributed by atoms with E-state index in [4.69, 9.17) is 0 Å². The molecule has 0 N–H and O–H groups in total. The first-order valence-electron chi connectivity index (χ1n) is 18.3. The molecule has 0 saturated heterocycles. The maximum absolute atomic E-state index is 2.45. The molecule has 0 spiro atoms. The lowest BCUT2D eigenvalue weighted by Gasteiger charge is -2.27. The summed E-state index contributed by atoms with van der Waals surface area (Å²) in [7, 11) is 0. The molecule has 2 aromatic heterocycles. The summed E-state index contributed by atoms with van der Waals surface area (Å²) in [6.45, 7) is 0. The molecule has 0 atom stereocenters. The van der Waals surface area contributed by atoms with Crippen molar-refractivity contribution in [2.75, 3.05) is 4.90 Å². The summed E-state index contributed by atoms with van der Waals surface area (Å²) in [6.07, 6.45) is 1.96. The molecule has 2 aliphatic carbocycles. The predicted octanol–water partition coefficient (Wildman–Crippen LogP) is 13.1. The molecule has 0 amide bonds. The van der Waals surface area contributed by atoms with E-state index in [2.05, 4.69) is 179 Å². The van der Waals surface area contributed by atoms with Crippen LogP contribution in [0.5, 0.6) is 0 Å². The van der Waals surface area contributed by atoms with Gasteiger partial charge in [0.05, 0.1) is 16.6 Å². The van der Waals surface area contributed by atoms with Gasteiger partial charge in [0.25, 0.3) is 0 Å². The SMILES string of the molecule is c1ccc2c(c1)Cc1cc(N(c3ccc(-c4ccc5c(c4)c4cccc6c7ccccc7n5c64)cc3)c3ccc4c(c3)-c3ccccc3C4)ccc1-2. The van der Waals surface area contributed by atoms with Crippen LogP contribution in [0.25, 0.3) is 71.5 Å². The van der Waals surface area contributed by atoms with Crippen LogP contribution in [0.3, 0.4) is 0 Å². The number of hydrogen-bond acceptors (Lipinski definition) is 1. The molecule has 0 bridgehead atoms. The van der Waals surface area contributed by atoms with Gasteiger partial charge in [-0.05, 0) is 123 Å². The Balaban J connectivity index is 0.981. The third-order valence-electron chi connectivity index (χ3n) is 11.8. The van der Waals surface area contributed by atoms with Crippen molar-refractivity contribution >= 4 is 55.2 Å². The maximum Gasteiger partial charge on any atom is 0.0620 e. The normalized spacial score (nSPS) is 12.8. The molecular weight excluding hydrogens is 629 g/mol. The number of rotatable bonds is 4. The molecule has 0 aliphatic heterocycles. The molecule has 2 heterocycles. The first-order chi connectivity index (χ1) is 25.8. The molecule has 8 aromatic carbocycles. The highest BCUT2D eigenvalue weighted by Gasteiger charge is 2.24. The van der Waals surface area contributed by atoms with Gasteiger partial charge in [-0.1, -0.05) is 115 Å². The first kappa shape index (κ1) is 28.1. The fraction of sp³-hybridized carbons (Fsp3) is 0.0400. The lowest BCUT2D eigenvalue weighted by molar-refractivity contribution is 1.22. The number of anilines is 3. The van der Waals surface area contributed by atoms with Crippen molar-refractivity contribution in [3.63, 3.8) is 0 Å². The van der Waals surface area contributed by atoms with Crippen molar-refractivity contribution in [2.45, 2.75) is 12.8 Å². The second kappa shape index (κ2) is 10.4. The second-order valence-corrected chi connectivity index (χ2v) is 14.5. The standard InChI is InChI=1S/C50H32N2/c1-3-10-40-34(9-1)27-36-28-38(23-24-42(36)40)51(39-22-18-35-26-33-8-2-4-11-41(33)46(35)30-39)37-20-16-31(17-21-37)32-19-25-49-47(29-32)45-14-7-13-44-43-12-5-6-15-48(43)52(49)50(44)45/h1-25,28-30H,26-27H2. The minimum absolute atomic E-state index is 0.968. The quantitative estimate of drug-likeness (QED) is 0.182. The fourth-order valence-electron chi connectivity index (χ4n) is 9.38. The molecule has 52 heavy (non-hydrogen) atoms. The van der Waals surface area contributed by atoms with Crippen LogP contribution in [0.15, 0.2) is 170 Å². The summed E-state index contributed by atoms with van der Waals surface area (Å²) in [5.74, 6) is 0. The van der Waals surface area contributed by atoms with Crippen LogP contribution in [-0.4, -0.2) is 4.40 Å². The van der Waals surface area contributed by atoms with Gasteiger partial charge in [0, 0.05) is 38.6 Å². The largest absolute Gasteiger partial charge is 0.310 e. The number of benzene rings is 8. The number of nitrogens with zero attached hydrogens (tertiary/aromatic N) is 2. The minimum Gasteiger partial charge on any atom is -0.310 e. The highest BCUT2D eigenvalue weighted by atomic mass is 15.1. The summed E-state index contributed by atoms with van der Waals surface area (Å²) < 4.78 is 2.45. The number of hydrogen-bond donors (Lipinski definition) is 0. The smallest absolute Gasteiger partial charge is 0.0620 e. The lowest BCUT2D eigenvalue weighted by atomic mass is 10.0. The molecule has 2 heteroatoms. The summed E-state index contributed by atoms with van der Waals surface area (Å²) in [6, 6.07) is 63.4. The van der Waals surface area contributed by atoms with Crippen molar-refractivity contribution < 1.29 is 0 Å². The van der Waals surface area contributed by atoms with Crippen LogP contribution in [0.4, 0.5) is 17.1 Å². The van der Waals surface area contributed by atoms with E-state index in [9.17, 15) is 0 Å². The van der Waals surface area contributed by atoms with Crippen molar-refractivity contribution in [3.05, 3.63) is 192 Å².